The average Bonchev–Trinajstić information content (AvgIpc) is 2.77. The van der Waals surface area contributed by atoms with Crippen LogP contribution in [0.3, 0.4) is 0 Å². The highest BCUT2D eigenvalue weighted by Crippen LogP contribution is 2.16. The molecule has 0 saturated carbocycles. The third kappa shape index (κ3) is 3.56. The Bertz CT molecular complexity index is 691. The summed E-state index contributed by atoms with van der Waals surface area (Å²) in [5.74, 6) is -1.12. The smallest absolute Gasteiger partial charge is 0.303 e. The first kappa shape index (κ1) is 15.0. The number of fused-ring (bicyclic) bond motifs is 1. The van der Waals surface area contributed by atoms with Crippen molar-refractivity contribution in [2.75, 3.05) is 0 Å². The maximum absolute atomic E-state index is 12.3. The van der Waals surface area contributed by atoms with Crippen molar-refractivity contribution in [3.8, 4) is 0 Å². The lowest BCUT2D eigenvalue weighted by Gasteiger charge is -2.25. The van der Waals surface area contributed by atoms with Crippen molar-refractivity contribution < 1.29 is 14.7 Å². The van der Waals surface area contributed by atoms with E-state index in [4.69, 9.17) is 5.11 Å². The van der Waals surface area contributed by atoms with Gasteiger partial charge in [-0.15, -0.1) is 5.10 Å². The fraction of sp³-hybridized carbons (Fsp3) is 0.429. The molecule has 2 N–H and O–H groups in total. The van der Waals surface area contributed by atoms with Gasteiger partial charge in [0.2, 0.25) is 0 Å². The second kappa shape index (κ2) is 5.51. The van der Waals surface area contributed by atoms with E-state index in [1.54, 1.807) is 43.8 Å². The van der Waals surface area contributed by atoms with Gasteiger partial charge in [-0.1, -0.05) is 5.21 Å². The van der Waals surface area contributed by atoms with Gasteiger partial charge in [-0.3, -0.25) is 9.59 Å². The van der Waals surface area contributed by atoms with Crippen molar-refractivity contribution in [3.63, 3.8) is 0 Å². The molecule has 7 heteroatoms. The highest BCUT2D eigenvalue weighted by atomic mass is 16.4. The predicted molar refractivity (Wildman–Crippen MR) is 76.9 cm³/mol. The van der Waals surface area contributed by atoms with Gasteiger partial charge in [0, 0.05) is 24.6 Å². The number of hydrogen-bond donors (Lipinski definition) is 2. The summed E-state index contributed by atoms with van der Waals surface area (Å²) in [6.07, 6.45) is 0.377. The molecular formula is C14H18N4O3. The Kier molecular flexibility index (Phi) is 3.93. The average molecular weight is 290 g/mol. The Hall–Kier alpha value is -2.44. The van der Waals surface area contributed by atoms with Gasteiger partial charge in [-0.05, 0) is 38.5 Å². The quantitative estimate of drug-likeness (QED) is 0.866. The second-order valence-corrected chi connectivity index (χ2v) is 5.65. The number of amides is 1. The van der Waals surface area contributed by atoms with Crippen molar-refractivity contribution in [2.45, 2.75) is 32.2 Å². The number of benzene rings is 1. The van der Waals surface area contributed by atoms with Gasteiger partial charge >= 0.3 is 5.97 Å². The third-order valence-electron chi connectivity index (χ3n) is 3.29. The molecule has 0 atom stereocenters. The third-order valence-corrected chi connectivity index (χ3v) is 3.29. The summed E-state index contributed by atoms with van der Waals surface area (Å²) in [5.41, 5.74) is 1.40. The topological polar surface area (TPSA) is 97.1 Å². The van der Waals surface area contributed by atoms with Crippen molar-refractivity contribution >= 4 is 22.9 Å². The molecule has 2 rings (SSSR count). The Morgan fingerprint density at radius 1 is 1.38 bits per heavy atom. The molecule has 7 nitrogen and oxygen atoms in total. The van der Waals surface area contributed by atoms with Gasteiger partial charge in [0.25, 0.3) is 5.91 Å². The molecule has 0 aliphatic carbocycles. The van der Waals surface area contributed by atoms with Crippen LogP contribution in [0.4, 0.5) is 0 Å². The minimum atomic E-state index is -0.875. The molecule has 0 aliphatic heterocycles. The summed E-state index contributed by atoms with van der Waals surface area (Å²) in [4.78, 5) is 22.9. The van der Waals surface area contributed by atoms with E-state index in [1.165, 1.54) is 0 Å². The second-order valence-electron chi connectivity index (χ2n) is 5.65. The number of hydrogen-bond acceptors (Lipinski definition) is 4. The van der Waals surface area contributed by atoms with Crippen LogP contribution < -0.4 is 5.32 Å². The van der Waals surface area contributed by atoms with E-state index in [0.29, 0.717) is 12.0 Å². The predicted octanol–water partition coefficient (Wildman–Crippen LogP) is 1.34. The number of rotatable bonds is 5. The van der Waals surface area contributed by atoms with Crippen LogP contribution >= 0.6 is 0 Å². The fourth-order valence-corrected chi connectivity index (χ4v) is 2.03. The lowest BCUT2D eigenvalue weighted by Crippen LogP contribution is -2.43. The maximum Gasteiger partial charge on any atom is 0.303 e. The van der Waals surface area contributed by atoms with E-state index in [9.17, 15) is 9.59 Å². The number of aromatic nitrogens is 3. The minimum Gasteiger partial charge on any atom is -0.481 e. The van der Waals surface area contributed by atoms with Gasteiger partial charge in [0.1, 0.15) is 5.52 Å². The van der Waals surface area contributed by atoms with E-state index in [1.807, 2.05) is 0 Å². The van der Waals surface area contributed by atoms with Gasteiger partial charge < -0.3 is 10.4 Å². The van der Waals surface area contributed by atoms with Crippen molar-refractivity contribution in [3.05, 3.63) is 23.8 Å². The summed E-state index contributed by atoms with van der Waals surface area (Å²) in [6.45, 7) is 3.61. The molecule has 2 aromatic rings. The first-order chi connectivity index (χ1) is 9.78. The standard InChI is InChI=1S/C14H18N4O3/c1-14(2,7-6-12(19)20)15-13(21)9-4-5-10-11(8-9)18(3)17-16-10/h4-5,8H,6-7H2,1-3H3,(H,15,21)(H,19,20). The highest BCUT2D eigenvalue weighted by molar-refractivity contribution is 5.97. The molecule has 1 amide bonds. The largest absolute Gasteiger partial charge is 0.481 e. The van der Waals surface area contributed by atoms with Crippen LogP contribution in [-0.2, 0) is 11.8 Å². The normalized spacial score (nSPS) is 11.6. The molecular weight excluding hydrogens is 272 g/mol. The van der Waals surface area contributed by atoms with Gasteiger partial charge in [-0.2, -0.15) is 0 Å². The summed E-state index contributed by atoms with van der Waals surface area (Å²) < 4.78 is 1.60. The molecule has 0 fully saturated rings. The van der Waals surface area contributed by atoms with Gasteiger partial charge in [0.15, 0.2) is 0 Å². The maximum atomic E-state index is 12.3. The molecule has 0 unspecified atom stereocenters. The molecule has 0 radical (unpaired) electrons. The Labute approximate surface area is 121 Å². The van der Waals surface area contributed by atoms with Crippen molar-refractivity contribution in [1.29, 1.82) is 0 Å². The zero-order valence-electron chi connectivity index (χ0n) is 12.3. The first-order valence-corrected chi connectivity index (χ1v) is 6.62. The number of aryl methyl sites for hydroxylation is 1. The fourth-order valence-electron chi connectivity index (χ4n) is 2.03. The Morgan fingerprint density at radius 3 is 2.76 bits per heavy atom. The SMILES string of the molecule is Cn1nnc2ccc(C(=O)NC(C)(C)CCC(=O)O)cc21. The summed E-state index contributed by atoms with van der Waals surface area (Å²) >= 11 is 0. The van der Waals surface area contributed by atoms with Crippen molar-refractivity contribution in [1.82, 2.24) is 20.3 Å². The molecule has 1 aromatic carbocycles. The first-order valence-electron chi connectivity index (χ1n) is 6.62. The molecule has 0 saturated heterocycles. The zero-order valence-corrected chi connectivity index (χ0v) is 12.3. The molecule has 0 aliphatic rings. The Morgan fingerprint density at radius 2 is 2.10 bits per heavy atom. The molecule has 1 aromatic heterocycles. The van der Waals surface area contributed by atoms with E-state index in [2.05, 4.69) is 15.6 Å². The van der Waals surface area contributed by atoms with Crippen LogP contribution in [0.1, 0.15) is 37.0 Å². The number of carboxylic acid groups (broad SMARTS) is 1. The van der Waals surface area contributed by atoms with E-state index in [-0.39, 0.29) is 12.3 Å². The minimum absolute atomic E-state index is 0.0119. The van der Waals surface area contributed by atoms with E-state index < -0.39 is 11.5 Å². The lowest BCUT2D eigenvalue weighted by atomic mass is 9.97. The molecule has 0 bridgehead atoms. The van der Waals surface area contributed by atoms with Gasteiger partial charge in [0.05, 0.1) is 5.52 Å². The monoisotopic (exact) mass is 290 g/mol. The van der Waals surface area contributed by atoms with E-state index >= 15 is 0 Å². The summed E-state index contributed by atoms with van der Waals surface area (Å²) in [6, 6.07) is 5.14. The number of nitrogens with zero attached hydrogens (tertiary/aromatic N) is 3. The van der Waals surface area contributed by atoms with Gasteiger partial charge in [-0.25, -0.2) is 4.68 Å². The number of carbonyl (C=O) groups is 2. The highest BCUT2D eigenvalue weighted by Gasteiger charge is 2.22. The summed E-state index contributed by atoms with van der Waals surface area (Å²) in [5, 5.41) is 19.4. The number of carbonyl (C=O) groups excluding carboxylic acids is 1. The Balaban J connectivity index is 2.14. The van der Waals surface area contributed by atoms with Crippen LogP contribution in [0.15, 0.2) is 18.2 Å². The molecule has 112 valence electrons. The number of aliphatic carboxylic acids is 1. The zero-order chi connectivity index (χ0) is 15.6. The van der Waals surface area contributed by atoms with Crippen LogP contribution in [-0.4, -0.2) is 37.5 Å². The number of nitrogens with one attached hydrogen (secondary N) is 1. The van der Waals surface area contributed by atoms with Crippen molar-refractivity contribution in [2.24, 2.45) is 7.05 Å². The van der Waals surface area contributed by atoms with E-state index in [0.717, 1.165) is 11.0 Å². The molecule has 21 heavy (non-hydrogen) atoms. The number of carboxylic acids is 1. The van der Waals surface area contributed by atoms with Crippen LogP contribution in [0, 0.1) is 0 Å². The molecule has 0 spiro atoms. The lowest BCUT2D eigenvalue weighted by molar-refractivity contribution is -0.137. The molecule has 1 heterocycles. The van der Waals surface area contributed by atoms with Crippen LogP contribution in [0.2, 0.25) is 0 Å². The van der Waals surface area contributed by atoms with Crippen LogP contribution in [0.5, 0.6) is 0 Å². The summed E-state index contributed by atoms with van der Waals surface area (Å²) in [7, 11) is 1.76. The van der Waals surface area contributed by atoms with Crippen LogP contribution in [0.25, 0.3) is 11.0 Å².